The lowest BCUT2D eigenvalue weighted by molar-refractivity contribution is 0.392. The van der Waals surface area contributed by atoms with Crippen LogP contribution in [0.25, 0.3) is 0 Å². The van der Waals surface area contributed by atoms with Crippen LogP contribution < -0.4 is 0 Å². The van der Waals surface area contributed by atoms with E-state index in [1.54, 1.807) is 0 Å². The molecule has 0 bridgehead atoms. The van der Waals surface area contributed by atoms with Crippen LogP contribution in [0.3, 0.4) is 0 Å². The second-order valence-corrected chi connectivity index (χ2v) is 7.25. The summed E-state index contributed by atoms with van der Waals surface area (Å²) in [7, 11) is 0. The Balaban J connectivity index is 3.52. The summed E-state index contributed by atoms with van der Waals surface area (Å²) in [4.78, 5) is 0. The number of rotatable bonds is 2. The molecule has 1 rings (SSSR count). The van der Waals surface area contributed by atoms with Gasteiger partial charge in [0.05, 0.1) is 5.69 Å². The molecule has 0 aliphatic heterocycles. The van der Waals surface area contributed by atoms with Crippen LogP contribution in [-0.4, -0.2) is 14.9 Å². The summed E-state index contributed by atoms with van der Waals surface area (Å²) in [5.74, 6) is 0.371. The van der Waals surface area contributed by atoms with E-state index in [1.165, 1.54) is 0 Å². The van der Waals surface area contributed by atoms with Crippen LogP contribution in [0.5, 0.6) is 5.75 Å². The monoisotopic (exact) mass is 252 g/mol. The molecule has 104 valence electrons. The number of hydrogen-bond acceptors (Lipinski definition) is 2. The van der Waals surface area contributed by atoms with E-state index in [0.717, 1.165) is 17.8 Å². The van der Waals surface area contributed by atoms with Crippen LogP contribution >= 0.6 is 0 Å². The third-order valence-electron chi connectivity index (χ3n) is 3.31. The molecule has 18 heavy (non-hydrogen) atoms. The highest BCUT2D eigenvalue weighted by atomic mass is 16.3. The lowest BCUT2D eigenvalue weighted by Gasteiger charge is -2.23. The Kier molecular flexibility index (Phi) is 3.85. The van der Waals surface area contributed by atoms with Gasteiger partial charge in [-0.15, -0.1) is 0 Å². The van der Waals surface area contributed by atoms with Gasteiger partial charge in [0.15, 0.2) is 5.75 Å². The average Bonchev–Trinajstić information content (AvgIpc) is 2.53. The first-order chi connectivity index (χ1) is 8.00. The van der Waals surface area contributed by atoms with Gasteiger partial charge in [-0.2, -0.15) is 5.10 Å². The van der Waals surface area contributed by atoms with Gasteiger partial charge in [0, 0.05) is 16.9 Å². The van der Waals surface area contributed by atoms with Gasteiger partial charge >= 0.3 is 0 Å². The van der Waals surface area contributed by atoms with E-state index < -0.39 is 0 Å². The molecule has 0 fully saturated rings. The molecule has 3 nitrogen and oxygen atoms in total. The van der Waals surface area contributed by atoms with Gasteiger partial charge in [0.2, 0.25) is 0 Å². The van der Waals surface area contributed by atoms with Crippen LogP contribution in [0.15, 0.2) is 0 Å². The summed E-state index contributed by atoms with van der Waals surface area (Å²) < 4.78 is 2.01. The molecule has 1 atom stereocenters. The Morgan fingerprint density at radius 1 is 1.11 bits per heavy atom. The molecule has 0 amide bonds. The summed E-state index contributed by atoms with van der Waals surface area (Å²) in [6.07, 6.45) is 1.01. The first-order valence-electron chi connectivity index (χ1n) is 6.82. The van der Waals surface area contributed by atoms with Gasteiger partial charge in [-0.05, 0) is 13.3 Å². The third kappa shape index (κ3) is 2.70. The van der Waals surface area contributed by atoms with Crippen molar-refractivity contribution in [1.82, 2.24) is 9.78 Å². The lowest BCUT2D eigenvalue weighted by Crippen LogP contribution is -2.20. The first kappa shape index (κ1) is 15.1. The molecular weight excluding hydrogens is 224 g/mol. The highest BCUT2D eigenvalue weighted by Crippen LogP contribution is 2.40. The van der Waals surface area contributed by atoms with Crippen LogP contribution in [0.2, 0.25) is 0 Å². The molecule has 0 aliphatic rings. The predicted molar refractivity (Wildman–Crippen MR) is 76.3 cm³/mol. The average molecular weight is 252 g/mol. The van der Waals surface area contributed by atoms with E-state index in [9.17, 15) is 5.11 Å². The maximum absolute atomic E-state index is 10.5. The Morgan fingerprint density at radius 3 is 1.94 bits per heavy atom. The van der Waals surface area contributed by atoms with Crippen LogP contribution in [0.1, 0.15) is 79.2 Å². The number of aromatic nitrogens is 2. The second kappa shape index (κ2) is 4.60. The van der Waals surface area contributed by atoms with E-state index in [-0.39, 0.29) is 10.8 Å². The molecule has 1 heterocycles. The molecule has 1 aromatic rings. The van der Waals surface area contributed by atoms with E-state index in [4.69, 9.17) is 0 Å². The molecule has 0 radical (unpaired) electrons. The molecule has 0 aliphatic carbocycles. The minimum absolute atomic E-state index is 0.107. The molecule has 1 N–H and O–H groups in total. The Hall–Kier alpha value is -0.990. The van der Waals surface area contributed by atoms with E-state index >= 15 is 0 Å². The predicted octanol–water partition coefficient (Wildman–Crippen LogP) is 4.15. The quantitative estimate of drug-likeness (QED) is 0.858. The summed E-state index contributed by atoms with van der Waals surface area (Å²) in [6, 6.07) is 0.307. The lowest BCUT2D eigenvalue weighted by atomic mass is 9.86. The van der Waals surface area contributed by atoms with Gasteiger partial charge in [-0.25, -0.2) is 0 Å². The third-order valence-corrected chi connectivity index (χ3v) is 3.31. The van der Waals surface area contributed by atoms with Gasteiger partial charge in [-0.3, -0.25) is 4.68 Å². The fourth-order valence-corrected chi connectivity index (χ4v) is 2.12. The molecule has 0 aromatic carbocycles. The Bertz CT molecular complexity index is 419. The summed E-state index contributed by atoms with van der Waals surface area (Å²) >= 11 is 0. The fraction of sp³-hybridized carbons (Fsp3) is 0.800. The van der Waals surface area contributed by atoms with E-state index in [0.29, 0.717) is 11.8 Å². The van der Waals surface area contributed by atoms with Gasteiger partial charge in [0.1, 0.15) is 5.69 Å². The number of aromatic hydroxyl groups is 1. The molecule has 3 heteroatoms. The zero-order valence-electron chi connectivity index (χ0n) is 13.1. The molecule has 0 saturated carbocycles. The van der Waals surface area contributed by atoms with Crippen molar-refractivity contribution >= 4 is 0 Å². The second-order valence-electron chi connectivity index (χ2n) is 7.25. The topological polar surface area (TPSA) is 38.0 Å². The largest absolute Gasteiger partial charge is 0.504 e. The van der Waals surface area contributed by atoms with Gasteiger partial charge < -0.3 is 5.11 Å². The van der Waals surface area contributed by atoms with Crippen molar-refractivity contribution in [2.75, 3.05) is 0 Å². The fourth-order valence-electron chi connectivity index (χ4n) is 2.12. The van der Waals surface area contributed by atoms with Crippen molar-refractivity contribution in [2.24, 2.45) is 0 Å². The van der Waals surface area contributed by atoms with Crippen molar-refractivity contribution in [3.8, 4) is 5.75 Å². The summed E-state index contributed by atoms with van der Waals surface area (Å²) in [5, 5.41) is 15.2. The zero-order valence-corrected chi connectivity index (χ0v) is 13.1. The maximum Gasteiger partial charge on any atom is 0.161 e. The maximum atomic E-state index is 10.5. The molecule has 0 spiro atoms. The van der Waals surface area contributed by atoms with E-state index in [2.05, 4.69) is 60.5 Å². The zero-order chi connectivity index (χ0) is 14.3. The standard InChI is InChI=1S/C15H28N2O/c1-9-10(2)17-13(15(6,7)8)11(18)12(16-17)14(3,4)5/h10,18H,9H2,1-8H3. The normalized spacial score (nSPS) is 14.9. The van der Waals surface area contributed by atoms with Crippen molar-refractivity contribution in [2.45, 2.75) is 78.7 Å². The van der Waals surface area contributed by atoms with Gasteiger partial charge in [-0.1, -0.05) is 48.5 Å². The summed E-state index contributed by atoms with van der Waals surface area (Å²) in [6.45, 7) is 16.9. The van der Waals surface area contributed by atoms with Crippen LogP contribution in [0.4, 0.5) is 0 Å². The number of nitrogens with zero attached hydrogens (tertiary/aromatic N) is 2. The minimum atomic E-state index is -0.136. The first-order valence-corrected chi connectivity index (χ1v) is 6.82. The molecule has 0 saturated heterocycles. The van der Waals surface area contributed by atoms with Crippen LogP contribution in [0, 0.1) is 0 Å². The van der Waals surface area contributed by atoms with Crippen molar-refractivity contribution in [3.63, 3.8) is 0 Å². The molecule has 1 unspecified atom stereocenters. The SMILES string of the molecule is CCC(C)n1nc(C(C)(C)C)c(O)c1C(C)(C)C. The minimum Gasteiger partial charge on any atom is -0.504 e. The summed E-state index contributed by atoms with van der Waals surface area (Å²) in [5.41, 5.74) is 1.50. The highest BCUT2D eigenvalue weighted by molar-refractivity contribution is 5.40. The molecule has 1 aromatic heterocycles. The van der Waals surface area contributed by atoms with Gasteiger partial charge in [0.25, 0.3) is 0 Å². The van der Waals surface area contributed by atoms with Crippen LogP contribution in [-0.2, 0) is 10.8 Å². The smallest absolute Gasteiger partial charge is 0.161 e. The Labute approximate surface area is 111 Å². The van der Waals surface area contributed by atoms with Crippen molar-refractivity contribution < 1.29 is 5.11 Å². The highest BCUT2D eigenvalue weighted by Gasteiger charge is 2.33. The molecular formula is C15H28N2O. The Morgan fingerprint density at radius 2 is 1.61 bits per heavy atom. The van der Waals surface area contributed by atoms with Crippen molar-refractivity contribution in [3.05, 3.63) is 11.4 Å². The number of hydrogen-bond donors (Lipinski definition) is 1. The van der Waals surface area contributed by atoms with Crippen molar-refractivity contribution in [1.29, 1.82) is 0 Å². The van der Waals surface area contributed by atoms with E-state index in [1.807, 2.05) is 4.68 Å².